The Balaban J connectivity index is 1.97. The fourth-order valence-corrected chi connectivity index (χ4v) is 2.05. The highest BCUT2D eigenvalue weighted by molar-refractivity contribution is 5.84. The summed E-state index contributed by atoms with van der Waals surface area (Å²) in [6.45, 7) is 1.79. The molecule has 1 fully saturated rings. The molecule has 0 amide bonds. The van der Waals surface area contributed by atoms with E-state index in [2.05, 4.69) is 23.2 Å². The first kappa shape index (κ1) is 11.4. The molecule has 0 aliphatic heterocycles. The van der Waals surface area contributed by atoms with E-state index in [0.29, 0.717) is 0 Å². The smallest absolute Gasteiger partial charge is 0.0762 e. The molecule has 0 radical (unpaired) electrons. The van der Waals surface area contributed by atoms with Crippen LogP contribution < -0.4 is 0 Å². The van der Waals surface area contributed by atoms with Crippen LogP contribution in [-0.4, -0.2) is 10.1 Å². The van der Waals surface area contributed by atoms with Gasteiger partial charge < -0.3 is 5.11 Å². The number of fused-ring (bicyclic) bond motifs is 1. The van der Waals surface area contributed by atoms with Crippen LogP contribution in [0.4, 0.5) is 0 Å². The zero-order valence-corrected chi connectivity index (χ0v) is 10.5. The second-order valence-corrected chi connectivity index (χ2v) is 5.09. The molecule has 1 heterocycles. The molecule has 1 aliphatic carbocycles. The van der Waals surface area contributed by atoms with Crippen molar-refractivity contribution in [3.05, 3.63) is 47.8 Å². The van der Waals surface area contributed by atoms with Crippen LogP contribution in [-0.2, 0) is 0 Å². The minimum absolute atomic E-state index is 0.423. The first-order chi connectivity index (χ1) is 8.72. The van der Waals surface area contributed by atoms with Crippen LogP contribution in [0.15, 0.2) is 36.5 Å². The number of aliphatic hydroxyl groups is 1. The average Bonchev–Trinajstić information content (AvgIpc) is 3.19. The number of nitrogens with zero attached hydrogens (tertiary/aromatic N) is 1. The van der Waals surface area contributed by atoms with Crippen molar-refractivity contribution in [3.63, 3.8) is 0 Å². The van der Waals surface area contributed by atoms with Gasteiger partial charge in [-0.3, -0.25) is 4.98 Å². The second-order valence-electron chi connectivity index (χ2n) is 5.09. The summed E-state index contributed by atoms with van der Waals surface area (Å²) < 4.78 is 0. The molecule has 92 valence electrons. The molecule has 1 atom stereocenters. The Morgan fingerprint density at radius 1 is 1.28 bits per heavy atom. The summed E-state index contributed by atoms with van der Waals surface area (Å²) in [6, 6.07) is 8.09. The third-order valence-electron chi connectivity index (χ3n) is 3.41. The fraction of sp³-hybridized carbons (Fsp3) is 0.312. The maximum atomic E-state index is 9.61. The van der Waals surface area contributed by atoms with Gasteiger partial charge in [0.25, 0.3) is 0 Å². The summed E-state index contributed by atoms with van der Waals surface area (Å²) in [7, 11) is 0. The zero-order valence-electron chi connectivity index (χ0n) is 10.5. The number of benzene rings is 1. The molecule has 2 heteroatoms. The highest BCUT2D eigenvalue weighted by Crippen LogP contribution is 2.31. The topological polar surface area (TPSA) is 33.1 Å². The van der Waals surface area contributed by atoms with Crippen LogP contribution in [0.2, 0.25) is 0 Å². The molecule has 1 aromatic carbocycles. The molecular weight excluding hydrogens is 222 g/mol. The largest absolute Gasteiger partial charge is 0.389 e. The lowest BCUT2D eigenvalue weighted by Crippen LogP contribution is -1.91. The van der Waals surface area contributed by atoms with Crippen molar-refractivity contribution in [1.29, 1.82) is 0 Å². The highest BCUT2D eigenvalue weighted by atomic mass is 16.3. The van der Waals surface area contributed by atoms with Gasteiger partial charge in [-0.25, -0.2) is 0 Å². The Kier molecular flexibility index (Phi) is 2.88. The molecule has 0 spiro atoms. The van der Waals surface area contributed by atoms with Gasteiger partial charge in [0.1, 0.15) is 0 Å². The molecule has 18 heavy (non-hydrogen) atoms. The van der Waals surface area contributed by atoms with Crippen molar-refractivity contribution >= 4 is 16.8 Å². The highest BCUT2D eigenvalue weighted by Gasteiger charge is 2.17. The van der Waals surface area contributed by atoms with Crippen LogP contribution in [0.1, 0.15) is 37.1 Å². The van der Waals surface area contributed by atoms with Crippen LogP contribution in [0.3, 0.4) is 0 Å². The van der Waals surface area contributed by atoms with Gasteiger partial charge in [-0.2, -0.15) is 0 Å². The number of rotatable bonds is 3. The normalized spacial score (nSPS) is 17.4. The van der Waals surface area contributed by atoms with E-state index < -0.39 is 6.10 Å². The lowest BCUT2D eigenvalue weighted by molar-refractivity contribution is 0.199. The summed E-state index contributed by atoms with van der Waals surface area (Å²) in [5.74, 6) is 0.770. The van der Waals surface area contributed by atoms with Gasteiger partial charge in [-0.05, 0) is 54.8 Å². The van der Waals surface area contributed by atoms with Gasteiger partial charge in [0.2, 0.25) is 0 Å². The van der Waals surface area contributed by atoms with Crippen molar-refractivity contribution in [1.82, 2.24) is 4.98 Å². The van der Waals surface area contributed by atoms with Crippen molar-refractivity contribution in [2.45, 2.75) is 25.9 Å². The predicted octanol–water partition coefficient (Wildman–Crippen LogP) is 3.71. The molecule has 1 aliphatic rings. The summed E-state index contributed by atoms with van der Waals surface area (Å²) in [6.07, 6.45) is 8.45. The molecule has 2 nitrogen and oxygen atoms in total. The summed E-state index contributed by atoms with van der Waals surface area (Å²) in [4.78, 5) is 4.43. The lowest BCUT2D eigenvalue weighted by Gasteiger charge is -2.06. The molecule has 2 aromatic rings. The Hall–Kier alpha value is -1.67. The van der Waals surface area contributed by atoms with Gasteiger partial charge >= 0.3 is 0 Å². The SMILES string of the molecule is C[C@@H](O)c1ccc2cnc(/C=C/C3CC3)cc2c1. The molecule has 1 saturated carbocycles. The Labute approximate surface area is 107 Å². The molecule has 3 rings (SSSR count). The minimum atomic E-state index is -0.423. The standard InChI is InChI=1S/C16H17NO/c1-11(18)13-5-6-14-10-17-16(9-15(14)8-13)7-4-12-2-3-12/h4-12,18H,2-3H2,1H3/b7-4+/t11-/m1/s1. The van der Waals surface area contributed by atoms with Gasteiger partial charge in [-0.15, -0.1) is 0 Å². The molecule has 1 aromatic heterocycles. The number of aliphatic hydroxyl groups excluding tert-OH is 1. The van der Waals surface area contributed by atoms with Crippen LogP contribution in [0.25, 0.3) is 16.8 Å². The third-order valence-corrected chi connectivity index (χ3v) is 3.41. The summed E-state index contributed by atoms with van der Waals surface area (Å²) in [5, 5.41) is 11.9. The van der Waals surface area contributed by atoms with E-state index in [1.165, 1.54) is 12.8 Å². The van der Waals surface area contributed by atoms with Gasteiger partial charge in [-0.1, -0.05) is 18.2 Å². The van der Waals surface area contributed by atoms with Crippen molar-refractivity contribution in [3.8, 4) is 0 Å². The van der Waals surface area contributed by atoms with Crippen molar-refractivity contribution in [2.24, 2.45) is 5.92 Å². The Morgan fingerprint density at radius 3 is 2.83 bits per heavy atom. The third kappa shape index (κ3) is 2.44. The molecular formula is C16H17NO. The first-order valence-corrected chi connectivity index (χ1v) is 6.48. The quantitative estimate of drug-likeness (QED) is 0.885. The van der Waals surface area contributed by atoms with Gasteiger partial charge in [0.15, 0.2) is 0 Å². The van der Waals surface area contributed by atoms with E-state index >= 15 is 0 Å². The van der Waals surface area contributed by atoms with E-state index in [0.717, 1.165) is 27.9 Å². The monoisotopic (exact) mass is 239 g/mol. The zero-order chi connectivity index (χ0) is 12.5. The minimum Gasteiger partial charge on any atom is -0.389 e. The van der Waals surface area contributed by atoms with E-state index in [9.17, 15) is 5.11 Å². The molecule has 0 saturated heterocycles. The summed E-state index contributed by atoms with van der Waals surface area (Å²) >= 11 is 0. The maximum absolute atomic E-state index is 9.61. The van der Waals surface area contributed by atoms with Crippen LogP contribution in [0, 0.1) is 5.92 Å². The average molecular weight is 239 g/mol. The molecule has 0 unspecified atom stereocenters. The van der Waals surface area contributed by atoms with E-state index in [4.69, 9.17) is 0 Å². The van der Waals surface area contributed by atoms with E-state index in [1.54, 1.807) is 6.92 Å². The number of pyridine rings is 1. The van der Waals surface area contributed by atoms with E-state index in [-0.39, 0.29) is 0 Å². The van der Waals surface area contributed by atoms with Crippen molar-refractivity contribution < 1.29 is 5.11 Å². The van der Waals surface area contributed by atoms with Crippen LogP contribution in [0.5, 0.6) is 0 Å². The number of hydrogen-bond acceptors (Lipinski definition) is 2. The number of aromatic nitrogens is 1. The first-order valence-electron chi connectivity index (χ1n) is 6.48. The number of allylic oxidation sites excluding steroid dienone is 1. The Morgan fingerprint density at radius 2 is 2.11 bits per heavy atom. The van der Waals surface area contributed by atoms with Gasteiger partial charge in [0, 0.05) is 11.6 Å². The van der Waals surface area contributed by atoms with Gasteiger partial charge in [0.05, 0.1) is 11.8 Å². The second kappa shape index (κ2) is 4.54. The Bertz CT molecular complexity index is 597. The number of hydrogen-bond donors (Lipinski definition) is 1. The lowest BCUT2D eigenvalue weighted by atomic mass is 10.0. The maximum Gasteiger partial charge on any atom is 0.0762 e. The predicted molar refractivity (Wildman–Crippen MR) is 74.1 cm³/mol. The molecule has 1 N–H and O–H groups in total. The van der Waals surface area contributed by atoms with Crippen LogP contribution >= 0.6 is 0 Å². The fourth-order valence-electron chi connectivity index (χ4n) is 2.05. The summed E-state index contributed by atoms with van der Waals surface area (Å²) in [5.41, 5.74) is 1.95. The van der Waals surface area contributed by atoms with Crippen molar-refractivity contribution in [2.75, 3.05) is 0 Å². The molecule has 0 bridgehead atoms. The van der Waals surface area contributed by atoms with E-state index in [1.807, 2.05) is 24.4 Å².